The largest absolute Gasteiger partial charge is 0.497 e. The Labute approximate surface area is 200 Å². The second-order valence-corrected chi connectivity index (χ2v) is 8.53. The lowest BCUT2D eigenvalue weighted by Gasteiger charge is -2.13. The molecule has 0 unspecified atom stereocenters. The molecule has 0 fully saturated rings. The fraction of sp³-hybridized carbons (Fsp3) is 0.207. The second-order valence-electron chi connectivity index (χ2n) is 8.53. The molecule has 0 saturated heterocycles. The number of hydrogen-bond donors (Lipinski definition) is 1. The van der Waals surface area contributed by atoms with Crippen molar-refractivity contribution in [2.24, 2.45) is 0 Å². The Balaban J connectivity index is 1.74. The Morgan fingerprint density at radius 2 is 1.62 bits per heavy atom. The molecule has 1 N–H and O–H groups in total. The number of allylic oxidation sites excluding steroid dienone is 1. The average Bonchev–Trinajstić information content (AvgIpc) is 3.22. The lowest BCUT2D eigenvalue weighted by molar-refractivity contribution is -0.111. The van der Waals surface area contributed by atoms with Crippen LogP contribution >= 0.6 is 0 Å². The number of nitrogens with one attached hydrogen (secondary N) is 1. The van der Waals surface area contributed by atoms with Crippen molar-refractivity contribution in [3.8, 4) is 22.6 Å². The van der Waals surface area contributed by atoms with E-state index in [-0.39, 0.29) is 5.91 Å². The summed E-state index contributed by atoms with van der Waals surface area (Å²) in [6, 6.07) is 15.9. The van der Waals surface area contributed by atoms with Crippen LogP contribution in [0.3, 0.4) is 0 Å². The first-order chi connectivity index (χ1) is 16.3. The molecule has 0 bridgehead atoms. The number of methoxy groups -OCH3 is 2. The molecular weight excluding hydrogens is 426 g/mol. The van der Waals surface area contributed by atoms with Gasteiger partial charge in [-0.1, -0.05) is 18.2 Å². The third kappa shape index (κ3) is 4.55. The van der Waals surface area contributed by atoms with Gasteiger partial charge >= 0.3 is 0 Å². The molecule has 1 heterocycles. The van der Waals surface area contributed by atoms with E-state index in [1.165, 1.54) is 0 Å². The predicted octanol–water partition coefficient (Wildman–Crippen LogP) is 7.08. The molecule has 0 aliphatic heterocycles. The van der Waals surface area contributed by atoms with Crippen molar-refractivity contribution in [1.82, 2.24) is 0 Å². The number of fused-ring (bicyclic) bond motifs is 1. The van der Waals surface area contributed by atoms with Gasteiger partial charge in [0.15, 0.2) is 0 Å². The van der Waals surface area contributed by atoms with Crippen molar-refractivity contribution in [1.29, 1.82) is 0 Å². The van der Waals surface area contributed by atoms with Crippen molar-refractivity contribution in [3.05, 3.63) is 83.1 Å². The maximum absolute atomic E-state index is 12.8. The number of carbonyl (C=O) groups excluding carboxylic acids is 1. The van der Waals surface area contributed by atoms with Crippen LogP contribution in [-0.4, -0.2) is 20.1 Å². The van der Waals surface area contributed by atoms with Crippen LogP contribution in [0.5, 0.6) is 11.5 Å². The standard InChI is InChI=1S/C29H29NO4/c1-17-11-18(2)13-22(12-17)30-27(31)14-19(3)24-15-25-26(21-7-9-23(32-5)10-8-21)16-34-29(25)20(4)28(24)33-6/h7-16H,1-6H3,(H,30,31)/b19-14+. The zero-order chi connectivity index (χ0) is 24.4. The van der Waals surface area contributed by atoms with Gasteiger partial charge in [-0.2, -0.15) is 0 Å². The second kappa shape index (κ2) is 9.48. The molecule has 174 valence electrons. The van der Waals surface area contributed by atoms with Gasteiger partial charge in [0, 0.05) is 33.8 Å². The summed E-state index contributed by atoms with van der Waals surface area (Å²) < 4.78 is 17.0. The molecule has 0 aliphatic carbocycles. The van der Waals surface area contributed by atoms with E-state index in [0.29, 0.717) is 5.75 Å². The van der Waals surface area contributed by atoms with Gasteiger partial charge in [-0.05, 0) is 80.3 Å². The first kappa shape index (κ1) is 23.2. The van der Waals surface area contributed by atoms with E-state index < -0.39 is 0 Å². The summed E-state index contributed by atoms with van der Waals surface area (Å²) in [4.78, 5) is 12.8. The SMILES string of the molecule is COc1ccc(-c2coc3c(C)c(OC)c(/C(C)=C/C(=O)Nc4cc(C)cc(C)c4)cc23)cc1. The molecule has 5 nitrogen and oxygen atoms in total. The minimum atomic E-state index is -0.190. The van der Waals surface area contributed by atoms with Crippen LogP contribution in [0.15, 0.2) is 65.3 Å². The number of ether oxygens (including phenoxy) is 2. The van der Waals surface area contributed by atoms with Crippen LogP contribution in [-0.2, 0) is 4.79 Å². The maximum atomic E-state index is 12.8. The third-order valence-corrected chi connectivity index (χ3v) is 5.91. The summed E-state index contributed by atoms with van der Waals surface area (Å²) in [5.41, 5.74) is 8.26. The van der Waals surface area contributed by atoms with E-state index in [0.717, 1.165) is 61.4 Å². The zero-order valence-electron chi connectivity index (χ0n) is 20.4. The summed E-state index contributed by atoms with van der Waals surface area (Å²) in [7, 11) is 3.28. The van der Waals surface area contributed by atoms with Crippen molar-refractivity contribution in [2.75, 3.05) is 19.5 Å². The predicted molar refractivity (Wildman–Crippen MR) is 138 cm³/mol. The van der Waals surface area contributed by atoms with Crippen LogP contribution in [0.4, 0.5) is 5.69 Å². The summed E-state index contributed by atoms with van der Waals surface area (Å²) >= 11 is 0. The number of furan rings is 1. The fourth-order valence-corrected chi connectivity index (χ4v) is 4.37. The average molecular weight is 456 g/mol. The smallest absolute Gasteiger partial charge is 0.248 e. The van der Waals surface area contributed by atoms with Gasteiger partial charge in [-0.3, -0.25) is 4.79 Å². The van der Waals surface area contributed by atoms with Crippen LogP contribution in [0.2, 0.25) is 0 Å². The van der Waals surface area contributed by atoms with Crippen molar-refractivity contribution >= 4 is 28.1 Å². The monoisotopic (exact) mass is 455 g/mol. The molecule has 5 heteroatoms. The Morgan fingerprint density at radius 1 is 0.941 bits per heavy atom. The molecule has 0 atom stereocenters. The van der Waals surface area contributed by atoms with E-state index in [2.05, 4.69) is 11.4 Å². The number of amides is 1. The van der Waals surface area contributed by atoms with Crippen LogP contribution in [0.1, 0.15) is 29.2 Å². The van der Waals surface area contributed by atoms with Crippen LogP contribution in [0.25, 0.3) is 27.7 Å². The van der Waals surface area contributed by atoms with Gasteiger partial charge in [-0.25, -0.2) is 0 Å². The number of aryl methyl sites for hydroxylation is 3. The zero-order valence-corrected chi connectivity index (χ0v) is 20.4. The van der Waals surface area contributed by atoms with Gasteiger partial charge in [0.2, 0.25) is 5.91 Å². The molecule has 0 aliphatic rings. The number of rotatable bonds is 6. The highest BCUT2D eigenvalue weighted by Gasteiger charge is 2.19. The number of anilines is 1. The molecule has 0 spiro atoms. The topological polar surface area (TPSA) is 60.7 Å². The number of hydrogen-bond acceptors (Lipinski definition) is 4. The first-order valence-corrected chi connectivity index (χ1v) is 11.1. The molecular formula is C29H29NO4. The summed E-state index contributed by atoms with van der Waals surface area (Å²) in [6.45, 7) is 7.90. The Morgan fingerprint density at radius 3 is 2.24 bits per heavy atom. The van der Waals surface area contributed by atoms with E-state index in [1.54, 1.807) is 26.6 Å². The molecule has 1 aromatic heterocycles. The van der Waals surface area contributed by atoms with Gasteiger partial charge in [0.25, 0.3) is 0 Å². The van der Waals surface area contributed by atoms with E-state index in [9.17, 15) is 4.79 Å². The molecule has 4 aromatic rings. The molecule has 34 heavy (non-hydrogen) atoms. The lowest BCUT2D eigenvalue weighted by atomic mass is 9.96. The summed E-state index contributed by atoms with van der Waals surface area (Å²) in [5.74, 6) is 1.30. The van der Waals surface area contributed by atoms with Crippen LogP contribution < -0.4 is 14.8 Å². The molecule has 0 saturated carbocycles. The fourth-order valence-electron chi connectivity index (χ4n) is 4.37. The number of benzene rings is 3. The van der Waals surface area contributed by atoms with E-state index >= 15 is 0 Å². The Kier molecular flexibility index (Phi) is 6.46. The highest BCUT2D eigenvalue weighted by atomic mass is 16.5. The lowest BCUT2D eigenvalue weighted by Crippen LogP contribution is -2.09. The minimum absolute atomic E-state index is 0.190. The van der Waals surface area contributed by atoms with Crippen LogP contribution in [0, 0.1) is 20.8 Å². The molecule has 1 amide bonds. The molecule has 4 rings (SSSR count). The third-order valence-electron chi connectivity index (χ3n) is 5.91. The van der Waals surface area contributed by atoms with Crippen molar-refractivity contribution < 1.29 is 18.7 Å². The number of carbonyl (C=O) groups is 1. The van der Waals surface area contributed by atoms with Gasteiger partial charge in [0.05, 0.1) is 20.5 Å². The Bertz CT molecular complexity index is 1370. The maximum Gasteiger partial charge on any atom is 0.248 e. The van der Waals surface area contributed by atoms with Gasteiger partial charge in [0.1, 0.15) is 17.1 Å². The minimum Gasteiger partial charge on any atom is -0.497 e. The Hall–Kier alpha value is -3.99. The molecule has 0 radical (unpaired) electrons. The van der Waals surface area contributed by atoms with E-state index in [1.807, 2.05) is 70.2 Å². The highest BCUT2D eigenvalue weighted by Crippen LogP contribution is 2.40. The highest BCUT2D eigenvalue weighted by molar-refractivity contribution is 6.06. The quantitative estimate of drug-likeness (QED) is 0.316. The first-order valence-electron chi connectivity index (χ1n) is 11.1. The molecule has 3 aromatic carbocycles. The van der Waals surface area contributed by atoms with Gasteiger partial charge in [-0.15, -0.1) is 0 Å². The summed E-state index contributed by atoms with van der Waals surface area (Å²) in [5, 5.41) is 3.93. The van der Waals surface area contributed by atoms with Crippen molar-refractivity contribution in [3.63, 3.8) is 0 Å². The summed E-state index contributed by atoms with van der Waals surface area (Å²) in [6.07, 6.45) is 3.36. The van der Waals surface area contributed by atoms with Crippen molar-refractivity contribution in [2.45, 2.75) is 27.7 Å². The normalized spacial score (nSPS) is 11.5. The van der Waals surface area contributed by atoms with E-state index in [4.69, 9.17) is 13.9 Å². The van der Waals surface area contributed by atoms with Gasteiger partial charge < -0.3 is 19.2 Å².